The summed E-state index contributed by atoms with van der Waals surface area (Å²) in [4.78, 5) is 0.0712. The first-order valence-electron chi connectivity index (χ1n) is 4.29. The van der Waals surface area contributed by atoms with Crippen molar-refractivity contribution in [3.63, 3.8) is 0 Å². The number of hydrogen-bond donors (Lipinski definition) is 1. The zero-order valence-corrected chi connectivity index (χ0v) is 10.3. The average Bonchev–Trinajstić information content (AvgIpc) is 2.14. The summed E-state index contributed by atoms with van der Waals surface area (Å²) in [5.74, 6) is 0. The number of nitrogens with two attached hydrogens (primary N) is 1. The van der Waals surface area contributed by atoms with E-state index < -0.39 is 15.1 Å². The van der Waals surface area contributed by atoms with Crippen molar-refractivity contribution in [1.29, 1.82) is 0 Å². The number of halogens is 2. The second-order valence-electron chi connectivity index (χ2n) is 3.12. The van der Waals surface area contributed by atoms with Gasteiger partial charge in [-0.3, -0.25) is 0 Å². The van der Waals surface area contributed by atoms with E-state index in [2.05, 4.69) is 15.9 Å². The molecule has 1 aromatic carbocycles. The maximum Gasteiger partial charge on any atom is 0.238 e. The Bertz CT molecular complexity index is 416. The van der Waals surface area contributed by atoms with Crippen LogP contribution in [0.3, 0.4) is 0 Å². The monoisotopic (exact) mass is 295 g/mol. The number of benzene rings is 1. The maximum absolute atomic E-state index is 12.5. The molecule has 0 heterocycles. The summed E-state index contributed by atoms with van der Waals surface area (Å²) in [5, 5.41) is 3.90. The lowest BCUT2D eigenvalue weighted by Gasteiger charge is -2.02. The molecule has 0 aliphatic carbocycles. The average molecular weight is 296 g/mol. The van der Waals surface area contributed by atoms with Gasteiger partial charge in [0.25, 0.3) is 0 Å². The molecule has 0 aliphatic rings. The van der Waals surface area contributed by atoms with Crippen LogP contribution in [-0.4, -0.2) is 13.5 Å². The van der Waals surface area contributed by atoms with E-state index in [9.17, 15) is 12.8 Å². The molecule has 6 heteroatoms. The van der Waals surface area contributed by atoms with Crippen molar-refractivity contribution >= 4 is 26.0 Å². The highest BCUT2D eigenvalue weighted by Crippen LogP contribution is 2.14. The number of primary sulfonamides is 1. The SMILES string of the molecule is NS(=O)(=O)c1ccc(CCC(F)Br)cc1. The Balaban J connectivity index is 2.73. The molecule has 0 radical (unpaired) electrons. The van der Waals surface area contributed by atoms with Gasteiger partial charge in [0.2, 0.25) is 10.0 Å². The van der Waals surface area contributed by atoms with E-state index in [1.807, 2.05) is 0 Å². The Morgan fingerprint density at radius 2 is 1.87 bits per heavy atom. The van der Waals surface area contributed by atoms with Crippen LogP contribution in [0.1, 0.15) is 12.0 Å². The molecule has 0 saturated carbocycles. The molecular weight excluding hydrogens is 285 g/mol. The Hall–Kier alpha value is -0.460. The highest BCUT2D eigenvalue weighted by Gasteiger charge is 2.07. The fraction of sp³-hybridized carbons (Fsp3) is 0.333. The second kappa shape index (κ2) is 5.05. The second-order valence-corrected chi connectivity index (χ2v) is 5.67. The van der Waals surface area contributed by atoms with Crippen molar-refractivity contribution in [2.24, 2.45) is 5.14 Å². The number of rotatable bonds is 4. The molecule has 0 aliphatic heterocycles. The number of hydrogen-bond acceptors (Lipinski definition) is 2. The van der Waals surface area contributed by atoms with E-state index in [0.29, 0.717) is 12.8 Å². The van der Waals surface area contributed by atoms with Gasteiger partial charge in [-0.2, -0.15) is 0 Å². The number of alkyl halides is 2. The highest BCUT2D eigenvalue weighted by atomic mass is 79.9. The van der Waals surface area contributed by atoms with Crippen LogP contribution in [0.15, 0.2) is 29.2 Å². The molecule has 1 unspecified atom stereocenters. The molecule has 2 N–H and O–H groups in total. The van der Waals surface area contributed by atoms with Gasteiger partial charge in [0.15, 0.2) is 5.08 Å². The third kappa shape index (κ3) is 4.27. The Morgan fingerprint density at radius 1 is 1.33 bits per heavy atom. The molecule has 1 atom stereocenters. The van der Waals surface area contributed by atoms with Crippen molar-refractivity contribution in [2.45, 2.75) is 22.8 Å². The third-order valence-electron chi connectivity index (χ3n) is 1.90. The van der Waals surface area contributed by atoms with Gasteiger partial charge in [-0.25, -0.2) is 17.9 Å². The molecule has 15 heavy (non-hydrogen) atoms. The van der Waals surface area contributed by atoms with Gasteiger partial charge in [-0.1, -0.05) is 28.1 Å². The summed E-state index contributed by atoms with van der Waals surface area (Å²) < 4.78 is 34.3. The lowest BCUT2D eigenvalue weighted by atomic mass is 10.1. The Labute approximate surface area is 96.7 Å². The van der Waals surface area contributed by atoms with Gasteiger partial charge < -0.3 is 0 Å². The van der Waals surface area contributed by atoms with Gasteiger partial charge in [0, 0.05) is 0 Å². The van der Waals surface area contributed by atoms with Crippen molar-refractivity contribution in [3.8, 4) is 0 Å². The topological polar surface area (TPSA) is 60.2 Å². The van der Waals surface area contributed by atoms with Crippen molar-refractivity contribution < 1.29 is 12.8 Å². The largest absolute Gasteiger partial charge is 0.238 e. The van der Waals surface area contributed by atoms with E-state index in [1.165, 1.54) is 12.1 Å². The van der Waals surface area contributed by atoms with Crippen LogP contribution in [0, 0.1) is 0 Å². The van der Waals surface area contributed by atoms with Crippen LogP contribution in [0.4, 0.5) is 4.39 Å². The minimum absolute atomic E-state index is 0.0712. The predicted molar refractivity (Wildman–Crippen MR) is 60.0 cm³/mol. The molecule has 0 spiro atoms. The minimum Gasteiger partial charge on any atom is -0.235 e. The highest BCUT2D eigenvalue weighted by molar-refractivity contribution is 9.09. The van der Waals surface area contributed by atoms with Crippen LogP contribution in [0.5, 0.6) is 0 Å². The van der Waals surface area contributed by atoms with Gasteiger partial charge in [-0.15, -0.1) is 0 Å². The lowest BCUT2D eigenvalue weighted by Crippen LogP contribution is -2.11. The fourth-order valence-corrected chi connectivity index (χ4v) is 1.87. The van der Waals surface area contributed by atoms with Crippen LogP contribution in [-0.2, 0) is 16.4 Å². The van der Waals surface area contributed by atoms with Crippen LogP contribution < -0.4 is 5.14 Å². The molecule has 1 rings (SSSR count). The first-order chi connectivity index (χ1) is 6.89. The first-order valence-corrected chi connectivity index (χ1v) is 6.75. The molecule has 1 aromatic rings. The van der Waals surface area contributed by atoms with Crippen molar-refractivity contribution in [3.05, 3.63) is 29.8 Å². The van der Waals surface area contributed by atoms with Crippen LogP contribution in [0.2, 0.25) is 0 Å². The zero-order valence-electron chi connectivity index (χ0n) is 7.86. The summed E-state index contributed by atoms with van der Waals surface area (Å²) in [6, 6.07) is 6.11. The van der Waals surface area contributed by atoms with Crippen molar-refractivity contribution in [1.82, 2.24) is 0 Å². The molecular formula is C9H11BrFNO2S. The van der Waals surface area contributed by atoms with E-state index >= 15 is 0 Å². The van der Waals surface area contributed by atoms with Crippen molar-refractivity contribution in [2.75, 3.05) is 0 Å². The van der Waals surface area contributed by atoms with Crippen LogP contribution in [0.25, 0.3) is 0 Å². The van der Waals surface area contributed by atoms with Gasteiger partial charge in [0.1, 0.15) is 0 Å². The molecule has 0 amide bonds. The zero-order chi connectivity index (χ0) is 11.5. The lowest BCUT2D eigenvalue weighted by molar-refractivity contribution is 0.438. The number of aryl methyl sites for hydroxylation is 1. The predicted octanol–water partition coefficient (Wildman–Crippen LogP) is 1.96. The summed E-state index contributed by atoms with van der Waals surface area (Å²) >= 11 is 2.80. The van der Waals surface area contributed by atoms with E-state index in [-0.39, 0.29) is 4.90 Å². The molecule has 0 aromatic heterocycles. The first kappa shape index (κ1) is 12.6. The molecule has 3 nitrogen and oxygen atoms in total. The van der Waals surface area contributed by atoms with Crippen LogP contribution >= 0.6 is 15.9 Å². The molecule has 84 valence electrons. The number of sulfonamides is 1. The minimum atomic E-state index is -3.63. The van der Waals surface area contributed by atoms with E-state index in [0.717, 1.165) is 5.56 Å². The van der Waals surface area contributed by atoms with Gasteiger partial charge in [-0.05, 0) is 30.5 Å². The van der Waals surface area contributed by atoms with E-state index in [1.54, 1.807) is 12.1 Å². The fourth-order valence-electron chi connectivity index (χ4n) is 1.12. The third-order valence-corrected chi connectivity index (χ3v) is 3.29. The Morgan fingerprint density at radius 3 is 2.27 bits per heavy atom. The van der Waals surface area contributed by atoms with Gasteiger partial charge >= 0.3 is 0 Å². The standard InChI is InChI=1S/C9H11BrFNO2S/c10-9(11)6-3-7-1-4-8(5-2-7)15(12,13)14/h1-2,4-5,9H,3,6H2,(H2,12,13,14). The quantitative estimate of drug-likeness (QED) is 0.863. The summed E-state index contributed by atoms with van der Waals surface area (Å²) in [5.41, 5.74) is 0.879. The molecule has 0 fully saturated rings. The maximum atomic E-state index is 12.5. The Kier molecular flexibility index (Phi) is 4.24. The summed E-state index contributed by atoms with van der Waals surface area (Å²) in [6.07, 6.45) is 0.909. The summed E-state index contributed by atoms with van der Waals surface area (Å²) in [6.45, 7) is 0. The molecule has 0 saturated heterocycles. The smallest absolute Gasteiger partial charge is 0.235 e. The normalized spacial score (nSPS) is 13.8. The van der Waals surface area contributed by atoms with Gasteiger partial charge in [0.05, 0.1) is 4.90 Å². The molecule has 0 bridgehead atoms. The van der Waals surface area contributed by atoms with E-state index in [4.69, 9.17) is 5.14 Å². The summed E-state index contributed by atoms with van der Waals surface area (Å²) in [7, 11) is -3.63.